The molecule has 0 aliphatic heterocycles. The van der Waals surface area contributed by atoms with Gasteiger partial charge in [0.2, 0.25) is 0 Å². The summed E-state index contributed by atoms with van der Waals surface area (Å²) >= 11 is 0. The maximum Gasteiger partial charge on any atom is 0.311 e. The molecule has 0 amide bonds. The Balaban J connectivity index is 1.84. The van der Waals surface area contributed by atoms with Crippen molar-refractivity contribution in [3.05, 3.63) is 58.7 Å². The quantitative estimate of drug-likeness (QED) is 0.380. The van der Waals surface area contributed by atoms with Gasteiger partial charge in [-0.2, -0.15) is 0 Å². The zero-order valence-electron chi connectivity index (χ0n) is 15.3. The van der Waals surface area contributed by atoms with Gasteiger partial charge in [0, 0.05) is 17.5 Å². The Labute approximate surface area is 158 Å². The first-order valence-electron chi connectivity index (χ1n) is 9.29. The highest BCUT2D eigenvalue weighted by molar-refractivity contribution is 6.30. The number of unbranched alkanes of at least 4 members (excludes halogenated alkanes) is 4. The molecule has 0 fully saturated rings. The van der Waals surface area contributed by atoms with Crippen molar-refractivity contribution in [3.8, 4) is 11.5 Å². The van der Waals surface area contributed by atoms with Crippen LogP contribution in [0.4, 0.5) is 0 Å². The van der Waals surface area contributed by atoms with Crippen LogP contribution in [0.1, 0.15) is 77.3 Å². The fourth-order valence-corrected chi connectivity index (χ4v) is 3.31. The molecule has 0 atom stereocenters. The molecule has 1 aliphatic rings. The molecule has 0 unspecified atom stereocenters. The minimum absolute atomic E-state index is 0.0224. The van der Waals surface area contributed by atoms with Crippen molar-refractivity contribution in [2.45, 2.75) is 45.4 Å². The van der Waals surface area contributed by atoms with Crippen LogP contribution < -0.4 is 4.74 Å². The number of ketones is 2. The number of aromatic hydroxyl groups is 1. The van der Waals surface area contributed by atoms with Crippen LogP contribution in [0.2, 0.25) is 0 Å². The van der Waals surface area contributed by atoms with Crippen LogP contribution in [-0.2, 0) is 4.79 Å². The second-order valence-electron chi connectivity index (χ2n) is 6.67. The highest BCUT2D eigenvalue weighted by Gasteiger charge is 2.35. The van der Waals surface area contributed by atoms with Gasteiger partial charge >= 0.3 is 5.97 Å². The van der Waals surface area contributed by atoms with Crippen LogP contribution in [-0.4, -0.2) is 22.6 Å². The highest BCUT2D eigenvalue weighted by atomic mass is 16.5. The molecule has 27 heavy (non-hydrogen) atoms. The number of esters is 1. The Hall–Kier alpha value is -2.95. The Morgan fingerprint density at radius 2 is 1.52 bits per heavy atom. The van der Waals surface area contributed by atoms with E-state index >= 15 is 0 Å². The van der Waals surface area contributed by atoms with Gasteiger partial charge in [0.25, 0.3) is 0 Å². The monoisotopic (exact) mass is 366 g/mol. The standard InChI is InChI=1S/C22H22O5/c1-2-3-4-5-6-11-18(24)27-17-13-12-16(23)19-20(17)22(26)15-10-8-7-9-14(15)21(19)25/h7-10,12-13,23H,2-6,11H2,1H3. The predicted molar refractivity (Wildman–Crippen MR) is 100 cm³/mol. The first kappa shape index (κ1) is 18.8. The molecule has 0 saturated carbocycles. The fraction of sp³-hybridized carbons (Fsp3) is 0.318. The van der Waals surface area contributed by atoms with E-state index < -0.39 is 17.5 Å². The topological polar surface area (TPSA) is 80.7 Å². The number of ether oxygens (including phenoxy) is 1. The van der Waals surface area contributed by atoms with E-state index in [1.54, 1.807) is 24.3 Å². The molecular formula is C22H22O5. The van der Waals surface area contributed by atoms with Crippen LogP contribution >= 0.6 is 0 Å². The summed E-state index contributed by atoms with van der Waals surface area (Å²) in [6.07, 6.45) is 5.24. The zero-order chi connectivity index (χ0) is 19.4. The first-order chi connectivity index (χ1) is 13.0. The molecule has 3 rings (SSSR count). The predicted octanol–water partition coefficient (Wildman–Crippen LogP) is 4.43. The number of fused-ring (bicyclic) bond motifs is 2. The average Bonchev–Trinajstić information content (AvgIpc) is 2.67. The normalized spacial score (nSPS) is 12.5. The number of phenolic OH excluding ortho intramolecular Hbond substituents is 1. The Morgan fingerprint density at radius 3 is 2.19 bits per heavy atom. The SMILES string of the molecule is CCCCCCCC(=O)Oc1ccc(O)c2c1C(=O)c1ccccc1C2=O. The van der Waals surface area contributed by atoms with Crippen LogP contribution in [0.3, 0.4) is 0 Å². The van der Waals surface area contributed by atoms with Gasteiger partial charge in [-0.05, 0) is 18.6 Å². The molecular weight excluding hydrogens is 344 g/mol. The maximum absolute atomic E-state index is 12.9. The summed E-state index contributed by atoms with van der Waals surface area (Å²) in [7, 11) is 0. The molecule has 1 aliphatic carbocycles. The van der Waals surface area contributed by atoms with Gasteiger partial charge in [-0.1, -0.05) is 56.9 Å². The minimum atomic E-state index is -0.449. The largest absolute Gasteiger partial charge is 0.507 e. The van der Waals surface area contributed by atoms with Crippen molar-refractivity contribution < 1.29 is 24.2 Å². The van der Waals surface area contributed by atoms with E-state index in [2.05, 4.69) is 6.92 Å². The van der Waals surface area contributed by atoms with Gasteiger partial charge in [0.1, 0.15) is 11.5 Å². The van der Waals surface area contributed by atoms with E-state index in [-0.39, 0.29) is 40.2 Å². The molecule has 140 valence electrons. The summed E-state index contributed by atoms with van der Waals surface area (Å²) in [5.74, 6) is -1.60. The molecule has 0 bridgehead atoms. The second kappa shape index (κ2) is 8.16. The smallest absolute Gasteiger partial charge is 0.311 e. The third-order valence-electron chi connectivity index (χ3n) is 4.72. The summed E-state index contributed by atoms with van der Waals surface area (Å²) in [5.41, 5.74) is 0.340. The Kier molecular flexibility index (Phi) is 5.69. The van der Waals surface area contributed by atoms with Gasteiger partial charge in [0.05, 0.1) is 11.1 Å². The van der Waals surface area contributed by atoms with Gasteiger partial charge in [-0.25, -0.2) is 0 Å². The summed E-state index contributed by atoms with van der Waals surface area (Å²) in [6, 6.07) is 9.08. The number of rotatable bonds is 7. The number of carbonyl (C=O) groups is 3. The molecule has 0 radical (unpaired) electrons. The number of hydrogen-bond acceptors (Lipinski definition) is 5. The number of phenols is 1. The molecule has 5 nitrogen and oxygen atoms in total. The van der Waals surface area contributed by atoms with Crippen LogP contribution in [0, 0.1) is 0 Å². The number of hydrogen-bond donors (Lipinski definition) is 1. The molecule has 0 heterocycles. The highest BCUT2D eigenvalue weighted by Crippen LogP contribution is 2.38. The molecule has 1 N–H and O–H groups in total. The third kappa shape index (κ3) is 3.77. The van der Waals surface area contributed by atoms with Crippen LogP contribution in [0.25, 0.3) is 0 Å². The molecule has 0 aromatic heterocycles. The van der Waals surface area contributed by atoms with Crippen LogP contribution in [0.15, 0.2) is 36.4 Å². The lowest BCUT2D eigenvalue weighted by Gasteiger charge is -2.20. The second-order valence-corrected chi connectivity index (χ2v) is 6.67. The molecule has 2 aromatic carbocycles. The zero-order valence-corrected chi connectivity index (χ0v) is 15.3. The van der Waals surface area contributed by atoms with Crippen molar-refractivity contribution >= 4 is 17.5 Å². The van der Waals surface area contributed by atoms with Gasteiger partial charge in [-0.3, -0.25) is 14.4 Å². The van der Waals surface area contributed by atoms with Gasteiger partial charge in [0.15, 0.2) is 11.6 Å². The fourth-order valence-electron chi connectivity index (χ4n) is 3.31. The maximum atomic E-state index is 12.9. The van der Waals surface area contributed by atoms with Crippen molar-refractivity contribution in [1.29, 1.82) is 0 Å². The van der Waals surface area contributed by atoms with Gasteiger partial charge < -0.3 is 9.84 Å². The molecule has 2 aromatic rings. The van der Waals surface area contributed by atoms with Crippen molar-refractivity contribution in [2.24, 2.45) is 0 Å². The minimum Gasteiger partial charge on any atom is -0.507 e. The third-order valence-corrected chi connectivity index (χ3v) is 4.72. The summed E-state index contributed by atoms with van der Waals surface area (Å²) in [6.45, 7) is 2.12. The lowest BCUT2D eigenvalue weighted by Crippen LogP contribution is -2.23. The molecule has 5 heteroatoms. The van der Waals surface area contributed by atoms with E-state index in [0.717, 1.165) is 32.1 Å². The summed E-state index contributed by atoms with van der Waals surface area (Å²) in [4.78, 5) is 37.8. The summed E-state index contributed by atoms with van der Waals surface area (Å²) in [5, 5.41) is 10.1. The average molecular weight is 366 g/mol. The van der Waals surface area contributed by atoms with E-state index in [1.807, 2.05) is 0 Å². The van der Waals surface area contributed by atoms with Crippen LogP contribution in [0.5, 0.6) is 11.5 Å². The van der Waals surface area contributed by atoms with Gasteiger partial charge in [-0.15, -0.1) is 0 Å². The number of benzene rings is 2. The van der Waals surface area contributed by atoms with Crippen molar-refractivity contribution in [2.75, 3.05) is 0 Å². The van der Waals surface area contributed by atoms with E-state index in [0.29, 0.717) is 0 Å². The van der Waals surface area contributed by atoms with Crippen molar-refractivity contribution in [1.82, 2.24) is 0 Å². The molecule has 0 saturated heterocycles. The Morgan fingerprint density at radius 1 is 0.889 bits per heavy atom. The first-order valence-corrected chi connectivity index (χ1v) is 9.29. The number of carbonyl (C=O) groups excluding carboxylic acids is 3. The van der Waals surface area contributed by atoms with E-state index in [4.69, 9.17) is 4.74 Å². The molecule has 0 spiro atoms. The van der Waals surface area contributed by atoms with E-state index in [1.165, 1.54) is 12.1 Å². The lowest BCUT2D eigenvalue weighted by molar-refractivity contribution is -0.134. The summed E-state index contributed by atoms with van der Waals surface area (Å²) < 4.78 is 5.39. The lowest BCUT2D eigenvalue weighted by atomic mass is 9.83. The van der Waals surface area contributed by atoms with E-state index in [9.17, 15) is 19.5 Å². The Bertz CT molecular complexity index is 898. The van der Waals surface area contributed by atoms with Crippen molar-refractivity contribution in [3.63, 3.8) is 0 Å².